The number of phosphoric acid groups is 2. The Morgan fingerprint density at radius 2 is 0.743 bits per heavy atom. The molecule has 0 unspecified atom stereocenters. The van der Waals surface area contributed by atoms with Crippen LogP contribution in [0.5, 0.6) is 0 Å². The molecule has 41 nitrogen and oxygen atoms in total. The average Bonchev–Trinajstić information content (AvgIpc) is 0.868. The minimum absolute atomic E-state index is 0.00500. The van der Waals surface area contributed by atoms with Gasteiger partial charge in [0.05, 0.1) is 136 Å². The first-order valence-electron chi connectivity index (χ1n) is 46.2. The molecule has 18 N–H and O–H groups in total. The summed E-state index contributed by atoms with van der Waals surface area (Å²) in [5.41, 5.74) is 39.2. The second kappa shape index (κ2) is 83.7. The van der Waals surface area contributed by atoms with E-state index in [2.05, 4.69) is 36.7 Å². The van der Waals surface area contributed by atoms with Gasteiger partial charge in [0, 0.05) is 58.4 Å². The minimum Gasteiger partial charge on any atom is -0.463 e. The lowest BCUT2D eigenvalue weighted by atomic mass is 9.87. The molecule has 1 heterocycles. The third-order valence-electron chi connectivity index (χ3n) is 16.2. The summed E-state index contributed by atoms with van der Waals surface area (Å²) < 4.78 is 77.1. The molecule has 1 aliphatic rings. The van der Waals surface area contributed by atoms with Gasteiger partial charge in [0.15, 0.2) is 12.6 Å². The number of benzene rings is 1. The molecular weight excluding hydrogens is 1820 g/mol. The summed E-state index contributed by atoms with van der Waals surface area (Å²) in [7, 11) is -2.75. The third-order valence-corrected chi connectivity index (χ3v) is 17.4. The number of nitrogens with two attached hydrogens (primary N) is 7. The molecule has 43 heteroatoms. The van der Waals surface area contributed by atoms with E-state index in [1.54, 1.807) is 123 Å². The van der Waals surface area contributed by atoms with Crippen molar-refractivity contribution >= 4 is 92.5 Å². The Labute approximate surface area is 813 Å². The molecule has 802 valence electrons. The van der Waals surface area contributed by atoms with Gasteiger partial charge in [0.25, 0.3) is 0 Å². The lowest BCUT2D eigenvalue weighted by Gasteiger charge is -2.32. The number of ether oxygens (including phenoxy) is 10. The van der Waals surface area contributed by atoms with Crippen molar-refractivity contribution in [1.82, 2.24) is 14.7 Å². The molecule has 1 aromatic rings. The number of rotatable bonds is 44. The van der Waals surface area contributed by atoms with Crippen LogP contribution in [0.2, 0.25) is 0 Å². The van der Waals surface area contributed by atoms with Crippen LogP contribution >= 0.6 is 15.6 Å². The van der Waals surface area contributed by atoms with Gasteiger partial charge in [-0.2, -0.15) is 0 Å². The smallest absolute Gasteiger partial charge is 0.463 e. The van der Waals surface area contributed by atoms with Crippen LogP contribution in [-0.4, -0.2) is 283 Å². The summed E-state index contributed by atoms with van der Waals surface area (Å²) in [4.78, 5) is 184. The molecule has 2 rings (SSSR count). The molecule has 1 aliphatic heterocycles. The van der Waals surface area contributed by atoms with E-state index < -0.39 is 51.8 Å². The number of piperazine rings is 1. The van der Waals surface area contributed by atoms with E-state index in [-0.39, 0.29) is 238 Å². The van der Waals surface area contributed by atoms with Gasteiger partial charge in [-0.1, -0.05) is 81.4 Å². The van der Waals surface area contributed by atoms with Gasteiger partial charge in [-0.25, -0.2) is 13.9 Å². The Morgan fingerprint density at radius 1 is 0.382 bits per heavy atom. The molecule has 0 bridgehead atoms. The van der Waals surface area contributed by atoms with Crippen LogP contribution in [0.4, 0.5) is 0 Å². The average molecular weight is 2000 g/mol. The summed E-state index contributed by atoms with van der Waals surface area (Å²) in [5, 5.41) is 0. The normalized spacial score (nSPS) is 13.3. The molecular formula is C93H184N10O31P2. The molecule has 0 saturated carbocycles. The van der Waals surface area contributed by atoms with Crippen LogP contribution in [-0.2, 0) is 130 Å². The minimum atomic E-state index is -4.35. The fraction of sp³-hybridized carbons (Fsp3) is 0.796. The Balaban J connectivity index is -0.000000189. The summed E-state index contributed by atoms with van der Waals surface area (Å²) in [5.74, 6) is -3.32. The zero-order valence-corrected chi connectivity index (χ0v) is 90.7. The number of hydrogen-bond acceptors (Lipinski definition) is 37. The number of nitrogens with zero attached hydrogens (tertiary/aromatic N) is 3. The highest BCUT2D eigenvalue weighted by Crippen LogP contribution is 2.37. The molecule has 0 aliphatic carbocycles. The van der Waals surface area contributed by atoms with Crippen LogP contribution in [0.25, 0.3) is 0 Å². The Hall–Kier alpha value is -7.09. The van der Waals surface area contributed by atoms with E-state index >= 15 is 0 Å². The van der Waals surface area contributed by atoms with Crippen molar-refractivity contribution in [2.24, 2.45) is 81.6 Å². The van der Waals surface area contributed by atoms with E-state index in [1.165, 1.54) is 5.56 Å². The number of carbonyl (C=O) groups is 13. The molecule has 136 heavy (non-hydrogen) atoms. The van der Waals surface area contributed by atoms with Gasteiger partial charge in [0.1, 0.15) is 29.4 Å². The van der Waals surface area contributed by atoms with Gasteiger partial charge in [-0.3, -0.25) is 76.4 Å². The topological polar surface area (TPSA) is 640 Å². The molecule has 1 saturated heterocycles. The van der Waals surface area contributed by atoms with Gasteiger partial charge < -0.3 is 112 Å². The lowest BCUT2D eigenvalue weighted by molar-refractivity contribution is -0.156. The van der Waals surface area contributed by atoms with Crippen LogP contribution in [0.1, 0.15) is 283 Å². The second-order valence-electron chi connectivity index (χ2n) is 36.5. The fourth-order valence-electron chi connectivity index (χ4n) is 9.27. The molecule has 0 radical (unpaired) electrons. The standard InChI is InChI=1S/C16H24N2O2.C14H27NO3.2C11H21NO3.C8H15NO3.C8H17NO2.C7H15NO2.C6H13NO2.C5H11NO2.C4H11O5P.C3H9O4P/c1-13(2)20-16(19)15-6-4-5-14(11-15)12-18-9-7-17(3)8-10-18;1-8(2)11(14(17)18-10(5)6)7-12(16)13(15)9(3)4;1-7(2)10(5-9(13)6-12)11(14)15-8(3)4;1-7(2)11(12)9(13)5-6-10(14)15-8(3)4;1-6(2)12-8(11)4-3-7(10)5-9;1-5(2)7(9)8(10)11-6(3)4;1-6(2)10-7(9)5-8(3)4;1-4(2)9-6(8)5(3)7;1-4(2)8-5(7)3-6;1-4(2)8-3-9-10(5,6)7;1-3(2)7-8(4,5)6/h4-6,11,13H,7-10,12H2,1-3H3;8-11,13H,7,15H2,1-6H3;7-8,10H,5-6,12H2,1-4H3;7-8,11H,5-6,12H2,1-4H3;6H,3-5,9H2,1-2H3;5-7H,9H2,1-4H3;6H,5H2,1-4H3;4-5H,7H2,1-3H3;4H,3,6H2,1-2H3;4H,3H2,1-2H3,(H2,5,6,7);3H,1-2H3,(H2,4,5,6)/t;11-,13-;10-;11-;;7-;;5-;;;/m.000.0.0.../s1. The van der Waals surface area contributed by atoms with E-state index in [4.69, 9.17) is 102 Å². The number of likely N-dealkylation sites (N-methyl/N-ethyl adjacent to an activating group) is 2. The fourth-order valence-corrected chi connectivity index (χ4v) is 10.0. The Morgan fingerprint density at radius 3 is 1.05 bits per heavy atom. The molecule has 0 amide bonds. The first-order chi connectivity index (χ1) is 62.0. The maximum atomic E-state index is 12.0. The zero-order valence-electron chi connectivity index (χ0n) is 88.9. The van der Waals surface area contributed by atoms with Crippen molar-refractivity contribution in [3.63, 3.8) is 0 Å². The van der Waals surface area contributed by atoms with E-state index in [9.17, 15) is 71.5 Å². The third kappa shape index (κ3) is 101. The number of Topliss-reactive ketones (excluding diaryl/α,β-unsaturated/α-hetero) is 4. The Kier molecular flexibility index (Phi) is 90.2. The molecule has 0 aromatic heterocycles. The highest BCUT2D eigenvalue weighted by atomic mass is 31.2. The van der Waals surface area contributed by atoms with Gasteiger partial charge >= 0.3 is 69.4 Å². The summed E-state index contributed by atoms with van der Waals surface area (Å²) in [6, 6.07) is 5.80. The first-order valence-corrected chi connectivity index (χ1v) is 49.3. The van der Waals surface area contributed by atoms with E-state index in [1.807, 2.05) is 143 Å². The second-order valence-corrected chi connectivity index (χ2v) is 38.9. The van der Waals surface area contributed by atoms with Gasteiger partial charge in [0.2, 0.25) is 0 Å². The summed E-state index contributed by atoms with van der Waals surface area (Å²) in [6.45, 7) is 64.9. The monoisotopic (exact) mass is 2000 g/mol. The van der Waals surface area contributed by atoms with Crippen molar-refractivity contribution in [3.8, 4) is 0 Å². The number of hydrogen-bond donors (Lipinski definition) is 11. The predicted octanol–water partition coefficient (Wildman–Crippen LogP) is 9.38. The van der Waals surface area contributed by atoms with Gasteiger partial charge in [-0.05, 0) is 228 Å². The molecule has 1 aromatic carbocycles. The quantitative estimate of drug-likeness (QED) is 0.0125. The maximum Gasteiger partial charge on any atom is 0.471 e. The lowest BCUT2D eigenvalue weighted by Crippen LogP contribution is -2.43. The molecule has 1 fully saturated rings. The van der Waals surface area contributed by atoms with Crippen molar-refractivity contribution in [2.75, 3.05) is 80.3 Å². The van der Waals surface area contributed by atoms with Crippen molar-refractivity contribution in [2.45, 2.75) is 365 Å². The number of carbonyl (C=O) groups excluding carboxylic acids is 13. The van der Waals surface area contributed by atoms with Crippen LogP contribution in [0, 0.1) is 41.4 Å². The van der Waals surface area contributed by atoms with Crippen molar-refractivity contribution in [1.29, 1.82) is 0 Å². The first kappa shape index (κ1) is 147. The van der Waals surface area contributed by atoms with Crippen LogP contribution < -0.4 is 40.1 Å². The summed E-state index contributed by atoms with van der Waals surface area (Å²) in [6.07, 6.45) is -0.391. The molecule has 0 spiro atoms. The van der Waals surface area contributed by atoms with Gasteiger partial charge in [-0.15, -0.1) is 0 Å². The molecule has 6 atom stereocenters. The van der Waals surface area contributed by atoms with E-state index in [0.717, 1.165) is 32.7 Å². The number of esters is 9. The van der Waals surface area contributed by atoms with Crippen LogP contribution in [0.15, 0.2) is 24.3 Å². The van der Waals surface area contributed by atoms with Crippen LogP contribution in [0.3, 0.4) is 0 Å². The predicted molar refractivity (Wildman–Crippen MR) is 524 cm³/mol. The SMILES string of the molecule is CC(C)OC(=O)CCC(=O)CN.CC(C)OC(=O)CCC(=O)[C@@H](N)C(C)C.CC(C)OC(=O)CN.CC(C)OC(=O)CN(C)C.CC(C)OC(=O)[C@@H](CC(=O)CN)C(C)C.CC(C)OC(=O)[C@@H](CC(=O)[C@@H](N)C(C)C)C(C)C.CC(C)OC(=O)[C@@H](N)C(C)C.CC(C)OC(=O)[C@H](C)N.CC(C)OC(=O)c1cccc(CN2CCN(C)CC2)c1.CC(C)OCOP(=O)(O)O.CC(C)OP(=O)(O)O. The highest BCUT2D eigenvalue weighted by molar-refractivity contribution is 7.46. The highest BCUT2D eigenvalue weighted by Gasteiger charge is 2.31. The maximum absolute atomic E-state index is 12.0. The Bertz CT molecular complexity index is 3490. The largest absolute Gasteiger partial charge is 0.471 e. The number of phosphoric ester groups is 2. The van der Waals surface area contributed by atoms with E-state index in [0.29, 0.717) is 12.1 Å². The number of ketones is 4. The zero-order chi connectivity index (χ0) is 109. The summed E-state index contributed by atoms with van der Waals surface area (Å²) >= 11 is 0. The van der Waals surface area contributed by atoms with Crippen molar-refractivity contribution in [3.05, 3.63) is 35.4 Å². The van der Waals surface area contributed by atoms with Crippen molar-refractivity contribution < 1.29 is 147 Å².